The zero-order valence-corrected chi connectivity index (χ0v) is 23.8. The number of hydrogen-bond donors (Lipinski definition) is 1. The maximum atomic E-state index is 13.4. The third-order valence-electron chi connectivity index (χ3n) is 11.1. The fraction of sp³-hybridized carbons (Fsp3) is 0.457. The van der Waals surface area contributed by atoms with Crippen LogP contribution in [0.3, 0.4) is 0 Å². The zero-order valence-electron chi connectivity index (χ0n) is 23.8. The van der Waals surface area contributed by atoms with Crippen LogP contribution in [0.2, 0.25) is 0 Å². The molecule has 4 bridgehead atoms. The van der Waals surface area contributed by atoms with Gasteiger partial charge in [0.05, 0.1) is 18.6 Å². The fourth-order valence-electron chi connectivity index (χ4n) is 9.19. The van der Waals surface area contributed by atoms with Crippen molar-refractivity contribution in [3.05, 3.63) is 89.5 Å². The van der Waals surface area contributed by atoms with Crippen LogP contribution in [-0.4, -0.2) is 61.9 Å². The van der Waals surface area contributed by atoms with Crippen LogP contribution >= 0.6 is 0 Å². The molecule has 3 unspecified atom stereocenters. The van der Waals surface area contributed by atoms with E-state index in [2.05, 4.69) is 34.5 Å². The second-order valence-corrected chi connectivity index (χ2v) is 12.8. The van der Waals surface area contributed by atoms with E-state index < -0.39 is 5.60 Å². The molecule has 3 fully saturated rings. The molecule has 6 nitrogen and oxygen atoms in total. The number of carbonyl (C=O) groups is 1. The zero-order chi connectivity index (χ0) is 27.8. The van der Waals surface area contributed by atoms with Gasteiger partial charge in [-0.25, -0.2) is 0 Å². The Kier molecular flexibility index (Phi) is 5.61. The Bertz CT molecular complexity index is 1480. The van der Waals surface area contributed by atoms with Gasteiger partial charge in [-0.1, -0.05) is 66.8 Å². The molecule has 2 aromatic carbocycles. The molecule has 2 spiro atoms. The molecule has 41 heavy (non-hydrogen) atoms. The number of piperidine rings is 1. The molecule has 5 aliphatic carbocycles. The minimum Gasteiger partial charge on any atom is -0.493 e. The summed E-state index contributed by atoms with van der Waals surface area (Å²) in [5.41, 5.74) is 2.71. The van der Waals surface area contributed by atoms with Gasteiger partial charge in [0.25, 0.3) is 0 Å². The molecule has 212 valence electrons. The summed E-state index contributed by atoms with van der Waals surface area (Å²) in [6, 6.07) is 14.6. The average Bonchev–Trinajstić information content (AvgIpc) is 3.74. The van der Waals surface area contributed by atoms with Gasteiger partial charge in [-0.15, -0.1) is 0 Å². The number of benzene rings is 2. The number of rotatable bonds is 8. The van der Waals surface area contributed by atoms with Crippen LogP contribution in [-0.2, 0) is 21.4 Å². The molecule has 0 radical (unpaired) electrons. The van der Waals surface area contributed by atoms with Crippen molar-refractivity contribution >= 4 is 12.0 Å². The molecule has 2 aliphatic heterocycles. The maximum Gasteiger partial charge on any atom is 0.244 e. The Morgan fingerprint density at radius 3 is 2.76 bits per heavy atom. The maximum absolute atomic E-state index is 13.4. The molecule has 6 atom stereocenters. The standard InChI is InChI=1S/C35H38N2O4/c1-39-26-15-14-25-20-28-33-16-17-35(40-2,27(21-33)36-29(38)11-7-6-10-23-8-4-3-5-9-23)32-34(33,30(25)31(26)41-32)18-19-37(28)22-24-12-13-24/h3-11,14-17,24,27-28,32H,12-13,18-22H2,1-2H3,(H,36,38)/b10-6+,11-7+/t27?,28-,32?,33+,34-,35?/m0/s1. The predicted molar refractivity (Wildman–Crippen MR) is 158 cm³/mol. The van der Waals surface area contributed by atoms with Crippen LogP contribution in [0, 0.1) is 11.3 Å². The van der Waals surface area contributed by atoms with Crippen molar-refractivity contribution in [1.29, 1.82) is 0 Å². The molecule has 0 aromatic heterocycles. The molecule has 1 N–H and O–H groups in total. The highest BCUT2D eigenvalue weighted by molar-refractivity contribution is 5.88. The van der Waals surface area contributed by atoms with Crippen molar-refractivity contribution < 1.29 is 19.0 Å². The highest BCUT2D eigenvalue weighted by Crippen LogP contribution is 2.73. The number of amides is 1. The number of nitrogens with zero attached hydrogens (tertiary/aromatic N) is 1. The molecule has 1 saturated heterocycles. The van der Waals surface area contributed by atoms with Gasteiger partial charge in [0, 0.05) is 36.8 Å². The van der Waals surface area contributed by atoms with Crippen molar-refractivity contribution in [3.63, 3.8) is 0 Å². The van der Waals surface area contributed by atoms with E-state index in [9.17, 15) is 4.79 Å². The van der Waals surface area contributed by atoms with Crippen molar-refractivity contribution in [2.45, 2.75) is 61.3 Å². The first kappa shape index (κ1) is 25.4. The molecule has 1 amide bonds. The Hall–Kier alpha value is -3.35. The number of fused-ring (bicyclic) bond motifs is 1. The van der Waals surface area contributed by atoms with E-state index in [4.69, 9.17) is 14.2 Å². The predicted octanol–water partition coefficient (Wildman–Crippen LogP) is 4.83. The lowest BCUT2D eigenvalue weighted by Gasteiger charge is -2.71. The smallest absolute Gasteiger partial charge is 0.244 e. The van der Waals surface area contributed by atoms with E-state index in [1.807, 2.05) is 48.6 Å². The topological polar surface area (TPSA) is 60.0 Å². The van der Waals surface area contributed by atoms with Gasteiger partial charge in [-0.3, -0.25) is 9.69 Å². The largest absolute Gasteiger partial charge is 0.493 e. The molecule has 7 aliphatic rings. The first-order valence-corrected chi connectivity index (χ1v) is 15.1. The third kappa shape index (κ3) is 3.41. The van der Waals surface area contributed by atoms with Gasteiger partial charge < -0.3 is 19.5 Å². The molecule has 2 saturated carbocycles. The summed E-state index contributed by atoms with van der Waals surface area (Å²) in [7, 11) is 3.49. The molecule has 9 rings (SSSR count). The van der Waals surface area contributed by atoms with Gasteiger partial charge in [-0.2, -0.15) is 0 Å². The van der Waals surface area contributed by atoms with Crippen LogP contribution in [0.5, 0.6) is 11.5 Å². The van der Waals surface area contributed by atoms with E-state index in [0.717, 1.165) is 48.8 Å². The Balaban J connectivity index is 1.17. The normalized spacial score (nSPS) is 36.0. The summed E-state index contributed by atoms with van der Waals surface area (Å²) >= 11 is 0. The first-order valence-electron chi connectivity index (χ1n) is 15.1. The van der Waals surface area contributed by atoms with E-state index in [-0.39, 0.29) is 28.9 Å². The first-order chi connectivity index (χ1) is 20.0. The van der Waals surface area contributed by atoms with Crippen molar-refractivity contribution in [1.82, 2.24) is 10.2 Å². The van der Waals surface area contributed by atoms with Crippen LogP contribution in [0.4, 0.5) is 0 Å². The highest BCUT2D eigenvalue weighted by Gasteiger charge is 2.79. The van der Waals surface area contributed by atoms with Gasteiger partial charge in [0.1, 0.15) is 11.7 Å². The number of nitrogens with one attached hydrogen (secondary N) is 1. The third-order valence-corrected chi connectivity index (χ3v) is 11.1. The molecule has 2 heterocycles. The van der Waals surface area contributed by atoms with E-state index >= 15 is 0 Å². The summed E-state index contributed by atoms with van der Waals surface area (Å²) in [6.45, 7) is 2.24. The van der Waals surface area contributed by atoms with Crippen LogP contribution in [0.25, 0.3) is 6.08 Å². The van der Waals surface area contributed by atoms with Crippen molar-refractivity contribution in [2.24, 2.45) is 11.3 Å². The van der Waals surface area contributed by atoms with E-state index in [1.54, 1.807) is 20.3 Å². The summed E-state index contributed by atoms with van der Waals surface area (Å²) in [5, 5.41) is 3.38. The number of hydrogen-bond acceptors (Lipinski definition) is 5. The number of allylic oxidation sites excluding steroid dienone is 2. The number of methoxy groups -OCH3 is 2. The molecule has 6 heteroatoms. The minimum atomic E-state index is -0.771. The van der Waals surface area contributed by atoms with Crippen molar-refractivity contribution in [3.8, 4) is 11.5 Å². The van der Waals surface area contributed by atoms with Gasteiger partial charge in [0.15, 0.2) is 11.5 Å². The summed E-state index contributed by atoms with van der Waals surface area (Å²) in [4.78, 5) is 16.1. The Labute approximate surface area is 242 Å². The second-order valence-electron chi connectivity index (χ2n) is 12.8. The summed E-state index contributed by atoms with van der Waals surface area (Å²) < 4.78 is 19.3. The fourth-order valence-corrected chi connectivity index (χ4v) is 9.19. The summed E-state index contributed by atoms with van der Waals surface area (Å²) in [6.07, 6.45) is 17.3. The van der Waals surface area contributed by atoms with E-state index in [0.29, 0.717) is 6.04 Å². The van der Waals surface area contributed by atoms with Gasteiger partial charge in [-0.05, 0) is 61.8 Å². The molecular weight excluding hydrogens is 512 g/mol. The minimum absolute atomic E-state index is 0.111. The SMILES string of the molecule is COc1ccc2c3c1OC1C4(OC)C=C[C@@]5(CC4NC(=O)/C=C/C=C/c4ccccc4)[C@H](C2)N(CC2CC2)CC[C@]315. The lowest BCUT2D eigenvalue weighted by molar-refractivity contribution is -0.203. The average molecular weight is 551 g/mol. The second kappa shape index (κ2) is 9.07. The highest BCUT2D eigenvalue weighted by atomic mass is 16.6. The van der Waals surface area contributed by atoms with Crippen LogP contribution in [0.1, 0.15) is 42.4 Å². The monoisotopic (exact) mass is 550 g/mol. The molecule has 2 aromatic rings. The Morgan fingerprint density at radius 2 is 1.98 bits per heavy atom. The van der Waals surface area contributed by atoms with Gasteiger partial charge in [0.2, 0.25) is 5.91 Å². The van der Waals surface area contributed by atoms with Crippen LogP contribution < -0.4 is 14.8 Å². The summed E-state index contributed by atoms with van der Waals surface area (Å²) in [5.74, 6) is 2.39. The molecular formula is C35H38N2O4. The lowest BCUT2D eigenvalue weighted by atomic mass is 9.38. The Morgan fingerprint density at radius 1 is 1.12 bits per heavy atom. The van der Waals surface area contributed by atoms with Crippen molar-refractivity contribution in [2.75, 3.05) is 27.3 Å². The number of carbonyl (C=O) groups excluding carboxylic acids is 1. The van der Waals surface area contributed by atoms with Crippen LogP contribution in [0.15, 0.2) is 72.8 Å². The number of ether oxygens (including phenoxy) is 3. The van der Waals surface area contributed by atoms with Gasteiger partial charge >= 0.3 is 0 Å². The lowest BCUT2D eigenvalue weighted by Crippen LogP contribution is -2.82. The quantitative estimate of drug-likeness (QED) is 0.290. The number of likely N-dealkylation sites (tertiary alicyclic amines) is 1. The van der Waals surface area contributed by atoms with E-state index in [1.165, 1.54) is 30.5 Å².